The number of aromatic nitrogens is 1. The number of nitrogens with zero attached hydrogens (tertiary/aromatic N) is 2. The summed E-state index contributed by atoms with van der Waals surface area (Å²) in [5.41, 5.74) is 3.75. The molecule has 1 aromatic heterocycles. The van der Waals surface area contributed by atoms with E-state index in [0.29, 0.717) is 5.75 Å². The monoisotopic (exact) mass is 328 g/mol. The second-order valence-corrected chi connectivity index (χ2v) is 5.78. The molecular weight excluding hydrogens is 304 g/mol. The highest BCUT2D eigenvalue weighted by Gasteiger charge is 2.15. The van der Waals surface area contributed by atoms with Gasteiger partial charge in [-0.1, -0.05) is 6.07 Å². The molecule has 2 amide bonds. The zero-order valence-corrected chi connectivity index (χ0v) is 14.8. The second-order valence-electron chi connectivity index (χ2n) is 5.78. The number of rotatable bonds is 5. The normalized spacial score (nSPS) is 11.5. The standard InChI is InChI=1S/C18H24N4O2/c1-12-15(7-6-8-16(12)22(3)4)21-18(23)20-13(2)14-9-10-19-11-17(14)24-5/h6-11,13H,1-5H3,(H2,20,21,23)/t13-/m1/s1. The van der Waals surface area contributed by atoms with Gasteiger partial charge in [0, 0.05) is 37.2 Å². The van der Waals surface area contributed by atoms with Crippen LogP contribution < -0.4 is 20.3 Å². The maximum atomic E-state index is 12.3. The van der Waals surface area contributed by atoms with Crippen LogP contribution in [0.15, 0.2) is 36.7 Å². The predicted octanol–water partition coefficient (Wildman–Crippen LogP) is 3.35. The molecule has 1 heterocycles. The van der Waals surface area contributed by atoms with Crippen molar-refractivity contribution < 1.29 is 9.53 Å². The van der Waals surface area contributed by atoms with Gasteiger partial charge in [-0.2, -0.15) is 0 Å². The molecule has 2 aromatic rings. The molecule has 0 saturated carbocycles. The van der Waals surface area contributed by atoms with Gasteiger partial charge in [-0.25, -0.2) is 4.79 Å². The zero-order chi connectivity index (χ0) is 17.7. The Hall–Kier alpha value is -2.76. The SMILES string of the molecule is COc1cnccc1[C@@H](C)NC(=O)Nc1cccc(N(C)C)c1C. The Kier molecular flexibility index (Phi) is 5.63. The van der Waals surface area contributed by atoms with E-state index in [1.165, 1.54) is 0 Å². The van der Waals surface area contributed by atoms with Gasteiger partial charge in [0.25, 0.3) is 0 Å². The summed E-state index contributed by atoms with van der Waals surface area (Å²) in [6, 6.07) is 7.19. The summed E-state index contributed by atoms with van der Waals surface area (Å²) < 4.78 is 5.29. The molecular formula is C18H24N4O2. The molecule has 0 saturated heterocycles. The zero-order valence-electron chi connectivity index (χ0n) is 14.8. The van der Waals surface area contributed by atoms with Crippen LogP contribution in [0.2, 0.25) is 0 Å². The number of carbonyl (C=O) groups is 1. The Morgan fingerprint density at radius 2 is 2.04 bits per heavy atom. The molecule has 0 fully saturated rings. The van der Waals surface area contributed by atoms with Gasteiger partial charge in [0.05, 0.1) is 19.3 Å². The Morgan fingerprint density at radius 3 is 2.71 bits per heavy atom. The topological polar surface area (TPSA) is 66.5 Å². The molecule has 0 bridgehead atoms. The van der Waals surface area contributed by atoms with Gasteiger partial charge in [0.15, 0.2) is 0 Å². The van der Waals surface area contributed by atoms with Crippen molar-refractivity contribution in [2.24, 2.45) is 0 Å². The Morgan fingerprint density at radius 1 is 1.29 bits per heavy atom. The summed E-state index contributed by atoms with van der Waals surface area (Å²) in [5, 5.41) is 5.83. The summed E-state index contributed by atoms with van der Waals surface area (Å²) in [4.78, 5) is 18.4. The third-order valence-electron chi connectivity index (χ3n) is 3.89. The van der Waals surface area contributed by atoms with Crippen LogP contribution >= 0.6 is 0 Å². The van der Waals surface area contributed by atoms with E-state index in [-0.39, 0.29) is 12.1 Å². The molecule has 1 atom stereocenters. The third-order valence-corrected chi connectivity index (χ3v) is 3.89. The van der Waals surface area contributed by atoms with Crippen LogP contribution in [-0.4, -0.2) is 32.2 Å². The highest BCUT2D eigenvalue weighted by molar-refractivity contribution is 5.91. The Bertz CT molecular complexity index is 716. The second kappa shape index (κ2) is 7.68. The fraction of sp³-hybridized carbons (Fsp3) is 0.333. The average Bonchev–Trinajstić information content (AvgIpc) is 2.56. The largest absolute Gasteiger partial charge is 0.495 e. The first kappa shape index (κ1) is 17.6. The van der Waals surface area contributed by atoms with Crippen molar-refractivity contribution in [3.8, 4) is 5.75 Å². The number of methoxy groups -OCH3 is 1. The van der Waals surface area contributed by atoms with Crippen molar-refractivity contribution >= 4 is 17.4 Å². The molecule has 1 aromatic carbocycles. The van der Waals surface area contributed by atoms with E-state index in [2.05, 4.69) is 15.6 Å². The molecule has 0 aliphatic heterocycles. The van der Waals surface area contributed by atoms with Crippen molar-refractivity contribution in [2.75, 3.05) is 31.4 Å². The minimum absolute atomic E-state index is 0.208. The van der Waals surface area contributed by atoms with E-state index in [4.69, 9.17) is 4.74 Å². The molecule has 6 nitrogen and oxygen atoms in total. The molecule has 0 aliphatic rings. The lowest BCUT2D eigenvalue weighted by molar-refractivity contribution is 0.249. The van der Waals surface area contributed by atoms with Gasteiger partial charge >= 0.3 is 6.03 Å². The van der Waals surface area contributed by atoms with Gasteiger partial charge in [-0.05, 0) is 37.6 Å². The molecule has 6 heteroatoms. The molecule has 128 valence electrons. The van der Waals surface area contributed by atoms with E-state index in [0.717, 1.165) is 22.5 Å². The number of hydrogen-bond acceptors (Lipinski definition) is 4. The van der Waals surface area contributed by atoms with Crippen LogP contribution in [0.5, 0.6) is 5.75 Å². The van der Waals surface area contributed by atoms with E-state index in [1.54, 1.807) is 19.5 Å². The molecule has 0 spiro atoms. The van der Waals surface area contributed by atoms with Gasteiger partial charge < -0.3 is 20.3 Å². The first-order valence-corrected chi connectivity index (χ1v) is 7.76. The van der Waals surface area contributed by atoms with Gasteiger partial charge in [-0.15, -0.1) is 0 Å². The van der Waals surface area contributed by atoms with Gasteiger partial charge in [0.1, 0.15) is 5.75 Å². The molecule has 0 unspecified atom stereocenters. The van der Waals surface area contributed by atoms with Crippen LogP contribution in [0.4, 0.5) is 16.2 Å². The number of urea groups is 1. The smallest absolute Gasteiger partial charge is 0.319 e. The van der Waals surface area contributed by atoms with Gasteiger partial charge in [0.2, 0.25) is 0 Å². The Balaban J connectivity index is 2.10. The quantitative estimate of drug-likeness (QED) is 0.883. The number of ether oxygens (including phenoxy) is 1. The lowest BCUT2D eigenvalue weighted by atomic mass is 10.1. The predicted molar refractivity (Wildman–Crippen MR) is 96.9 cm³/mol. The molecule has 2 N–H and O–H groups in total. The van der Waals surface area contributed by atoms with Crippen LogP contribution in [0.3, 0.4) is 0 Å². The van der Waals surface area contributed by atoms with Crippen LogP contribution in [0.1, 0.15) is 24.1 Å². The first-order chi connectivity index (χ1) is 11.4. The van der Waals surface area contributed by atoms with E-state index < -0.39 is 0 Å². The summed E-state index contributed by atoms with van der Waals surface area (Å²) >= 11 is 0. The van der Waals surface area contributed by atoms with E-state index in [9.17, 15) is 4.79 Å². The minimum atomic E-state index is -0.264. The molecule has 2 rings (SSSR count). The summed E-state index contributed by atoms with van der Waals surface area (Å²) in [6.07, 6.45) is 3.31. The Labute approximate surface area is 142 Å². The highest BCUT2D eigenvalue weighted by atomic mass is 16.5. The minimum Gasteiger partial charge on any atom is -0.495 e. The van der Waals surface area contributed by atoms with E-state index in [1.807, 2.05) is 57.1 Å². The van der Waals surface area contributed by atoms with Crippen molar-refractivity contribution in [1.29, 1.82) is 0 Å². The van der Waals surface area contributed by atoms with Crippen LogP contribution in [-0.2, 0) is 0 Å². The number of nitrogens with one attached hydrogen (secondary N) is 2. The number of pyridine rings is 1. The van der Waals surface area contributed by atoms with E-state index >= 15 is 0 Å². The summed E-state index contributed by atoms with van der Waals surface area (Å²) in [7, 11) is 5.54. The number of benzene rings is 1. The lowest BCUT2D eigenvalue weighted by Gasteiger charge is -2.20. The number of anilines is 2. The fourth-order valence-corrected chi connectivity index (χ4v) is 2.60. The average molecular weight is 328 g/mol. The summed E-state index contributed by atoms with van der Waals surface area (Å²) in [6.45, 7) is 3.89. The fourth-order valence-electron chi connectivity index (χ4n) is 2.60. The van der Waals surface area contributed by atoms with Crippen molar-refractivity contribution in [3.63, 3.8) is 0 Å². The number of carbonyl (C=O) groups excluding carboxylic acids is 1. The van der Waals surface area contributed by atoms with Crippen LogP contribution in [0, 0.1) is 6.92 Å². The number of hydrogen-bond donors (Lipinski definition) is 2. The lowest BCUT2D eigenvalue weighted by Crippen LogP contribution is -2.31. The van der Waals surface area contributed by atoms with Crippen LogP contribution in [0.25, 0.3) is 0 Å². The first-order valence-electron chi connectivity index (χ1n) is 7.76. The molecule has 0 aliphatic carbocycles. The van der Waals surface area contributed by atoms with Crippen molar-refractivity contribution in [2.45, 2.75) is 19.9 Å². The molecule has 24 heavy (non-hydrogen) atoms. The maximum Gasteiger partial charge on any atom is 0.319 e. The number of amides is 2. The van der Waals surface area contributed by atoms with Crippen molar-refractivity contribution in [3.05, 3.63) is 47.8 Å². The van der Waals surface area contributed by atoms with Crippen molar-refractivity contribution in [1.82, 2.24) is 10.3 Å². The maximum absolute atomic E-state index is 12.3. The van der Waals surface area contributed by atoms with Gasteiger partial charge in [-0.3, -0.25) is 4.98 Å². The highest BCUT2D eigenvalue weighted by Crippen LogP contribution is 2.26. The summed E-state index contributed by atoms with van der Waals surface area (Å²) in [5.74, 6) is 0.649. The third kappa shape index (κ3) is 3.95. The molecule has 0 radical (unpaired) electrons.